The molecule has 4 aliphatic rings. The van der Waals surface area contributed by atoms with Crippen molar-refractivity contribution in [3.8, 4) is 0 Å². The number of rotatable bonds is 3. The van der Waals surface area contributed by atoms with Crippen LogP contribution in [0.5, 0.6) is 0 Å². The first-order valence-electron chi connectivity index (χ1n) is 10.2. The number of hydrogen-bond donors (Lipinski definition) is 2. The zero-order valence-electron chi connectivity index (χ0n) is 15.4. The molecule has 2 N–H and O–H groups in total. The maximum absolute atomic E-state index is 12.3. The van der Waals surface area contributed by atoms with E-state index in [9.17, 15) is 19.8 Å². The van der Waals surface area contributed by atoms with Crippen molar-refractivity contribution in [2.24, 2.45) is 40.4 Å². The zero-order chi connectivity index (χ0) is 17.8. The molecule has 0 heterocycles. The van der Waals surface area contributed by atoms with Gasteiger partial charge < -0.3 is 10.2 Å². The monoisotopic (exact) mass is 348 g/mol. The Morgan fingerprint density at radius 1 is 1.08 bits per heavy atom. The van der Waals surface area contributed by atoms with E-state index in [1.54, 1.807) is 0 Å². The molecule has 0 spiro atoms. The van der Waals surface area contributed by atoms with Crippen molar-refractivity contribution < 1.29 is 19.8 Å². The van der Waals surface area contributed by atoms with E-state index in [-0.39, 0.29) is 35.7 Å². The fourth-order valence-electron chi connectivity index (χ4n) is 7.80. The fraction of sp³-hybridized carbons (Fsp3) is 0.905. The van der Waals surface area contributed by atoms with E-state index in [1.807, 2.05) is 0 Å². The molecule has 4 aliphatic carbocycles. The quantitative estimate of drug-likeness (QED) is 0.822. The number of aliphatic hydroxyl groups excluding tert-OH is 2. The van der Waals surface area contributed by atoms with Crippen molar-refractivity contribution >= 4 is 11.6 Å². The van der Waals surface area contributed by atoms with Gasteiger partial charge in [-0.15, -0.1) is 0 Å². The number of ketones is 2. The molecule has 0 aromatic rings. The molecule has 0 unspecified atom stereocenters. The molecule has 0 aromatic heterocycles. The summed E-state index contributed by atoms with van der Waals surface area (Å²) in [5.74, 6) is 2.39. The van der Waals surface area contributed by atoms with E-state index in [4.69, 9.17) is 0 Å². The second-order valence-corrected chi connectivity index (χ2v) is 9.58. The normalized spacial score (nSPS) is 49.2. The lowest BCUT2D eigenvalue weighted by Crippen LogP contribution is -2.56. The Bertz CT molecular complexity index is 572. The molecule has 0 aromatic carbocycles. The van der Waals surface area contributed by atoms with Crippen LogP contribution in [0, 0.1) is 40.4 Å². The van der Waals surface area contributed by atoms with Crippen molar-refractivity contribution in [3.05, 3.63) is 0 Å². The first-order chi connectivity index (χ1) is 12.0. The molecule has 4 rings (SSSR count). The molecule has 0 bridgehead atoms. The Hall–Kier alpha value is -0.740. The van der Waals surface area contributed by atoms with Crippen molar-refractivity contribution in [2.45, 2.75) is 64.7 Å². The van der Waals surface area contributed by atoms with E-state index >= 15 is 0 Å². The maximum atomic E-state index is 12.3. The smallest absolute Gasteiger partial charge is 0.161 e. The molecule has 0 amide bonds. The highest BCUT2D eigenvalue weighted by molar-refractivity contribution is 5.83. The van der Waals surface area contributed by atoms with Crippen molar-refractivity contribution in [3.63, 3.8) is 0 Å². The van der Waals surface area contributed by atoms with Gasteiger partial charge in [-0.1, -0.05) is 6.92 Å². The van der Waals surface area contributed by atoms with Crippen molar-refractivity contribution in [1.82, 2.24) is 0 Å². The minimum atomic E-state index is -0.328. The van der Waals surface area contributed by atoms with Crippen LogP contribution >= 0.6 is 0 Å². The SMILES string of the molecule is C[C@]12CC[C@H]3[C@@H](CC[C@@H]4CC(=O)CC[C@@]43CO)[C@@H]1CC[C@@H]2C(=O)CO. The second kappa shape index (κ2) is 6.16. The summed E-state index contributed by atoms with van der Waals surface area (Å²) in [5, 5.41) is 19.8. The minimum absolute atomic E-state index is 0.0131. The highest BCUT2D eigenvalue weighted by atomic mass is 16.3. The van der Waals surface area contributed by atoms with Gasteiger partial charge in [0, 0.05) is 30.8 Å². The number of carbonyl (C=O) groups excluding carboxylic acids is 2. The number of fused-ring (bicyclic) bond motifs is 5. The Balaban J connectivity index is 1.63. The molecule has 4 fully saturated rings. The van der Waals surface area contributed by atoms with Gasteiger partial charge in [-0.2, -0.15) is 0 Å². The molecule has 0 saturated heterocycles. The number of hydrogen-bond acceptors (Lipinski definition) is 4. The molecular weight excluding hydrogens is 316 g/mol. The average Bonchev–Trinajstić information content (AvgIpc) is 2.98. The molecule has 4 heteroatoms. The fourth-order valence-corrected chi connectivity index (χ4v) is 7.80. The summed E-state index contributed by atoms with van der Waals surface area (Å²) in [6.07, 6.45) is 8.44. The van der Waals surface area contributed by atoms with Crippen molar-refractivity contribution in [1.29, 1.82) is 0 Å². The highest BCUT2D eigenvalue weighted by Crippen LogP contribution is 2.67. The summed E-state index contributed by atoms with van der Waals surface area (Å²) in [4.78, 5) is 24.3. The average molecular weight is 348 g/mol. The lowest BCUT2D eigenvalue weighted by Gasteiger charge is -2.60. The summed E-state index contributed by atoms with van der Waals surface area (Å²) in [6.45, 7) is 2.17. The largest absolute Gasteiger partial charge is 0.396 e. The van der Waals surface area contributed by atoms with Gasteiger partial charge in [0.15, 0.2) is 5.78 Å². The van der Waals surface area contributed by atoms with Gasteiger partial charge in [0.05, 0.1) is 0 Å². The Morgan fingerprint density at radius 3 is 2.60 bits per heavy atom. The Labute approximate surface area is 150 Å². The molecule has 0 aliphatic heterocycles. The van der Waals surface area contributed by atoms with Gasteiger partial charge in [0.2, 0.25) is 0 Å². The third-order valence-corrected chi connectivity index (χ3v) is 9.02. The molecule has 140 valence electrons. The van der Waals surface area contributed by atoms with Crippen LogP contribution in [0.3, 0.4) is 0 Å². The lowest BCUT2D eigenvalue weighted by atomic mass is 9.44. The highest BCUT2D eigenvalue weighted by Gasteiger charge is 2.62. The number of aliphatic hydroxyl groups is 2. The van der Waals surface area contributed by atoms with Crippen LogP contribution in [0.1, 0.15) is 64.7 Å². The van der Waals surface area contributed by atoms with Gasteiger partial charge in [-0.05, 0) is 74.0 Å². The van der Waals surface area contributed by atoms with Crippen LogP contribution in [0.4, 0.5) is 0 Å². The Morgan fingerprint density at radius 2 is 1.88 bits per heavy atom. The van der Waals surface area contributed by atoms with Gasteiger partial charge in [0.25, 0.3) is 0 Å². The van der Waals surface area contributed by atoms with E-state index in [0.717, 1.165) is 44.9 Å². The van der Waals surface area contributed by atoms with E-state index < -0.39 is 0 Å². The van der Waals surface area contributed by atoms with Gasteiger partial charge in [-0.3, -0.25) is 9.59 Å². The van der Waals surface area contributed by atoms with Crippen molar-refractivity contribution in [2.75, 3.05) is 13.2 Å². The second-order valence-electron chi connectivity index (χ2n) is 9.58. The number of carbonyl (C=O) groups is 2. The lowest BCUT2D eigenvalue weighted by molar-refractivity contribution is -0.156. The van der Waals surface area contributed by atoms with E-state index in [2.05, 4.69) is 6.92 Å². The third-order valence-electron chi connectivity index (χ3n) is 9.02. The Kier molecular flexibility index (Phi) is 4.35. The van der Waals surface area contributed by atoms with Gasteiger partial charge in [-0.25, -0.2) is 0 Å². The predicted molar refractivity (Wildman–Crippen MR) is 93.7 cm³/mol. The third kappa shape index (κ3) is 2.39. The summed E-state index contributed by atoms with van der Waals surface area (Å²) < 4.78 is 0. The zero-order valence-corrected chi connectivity index (χ0v) is 15.4. The van der Waals surface area contributed by atoms with Crippen LogP contribution in [0.2, 0.25) is 0 Å². The predicted octanol–water partition coefficient (Wildman–Crippen LogP) is 2.75. The maximum Gasteiger partial charge on any atom is 0.161 e. The van der Waals surface area contributed by atoms with Gasteiger partial charge >= 0.3 is 0 Å². The minimum Gasteiger partial charge on any atom is -0.396 e. The standard InChI is InChI=1S/C21H32O4/c1-20-8-7-17-15(16(20)4-5-18(20)19(25)11-22)3-2-13-10-14(24)6-9-21(13,17)12-23/h13,15-18,22-23H,2-12H2,1H3/t13-,15+,16+,17+,18-,20+,21-/m1/s1. The molecule has 0 radical (unpaired) electrons. The van der Waals surface area contributed by atoms with Crippen LogP contribution in [0.25, 0.3) is 0 Å². The van der Waals surface area contributed by atoms with Crippen LogP contribution in [0.15, 0.2) is 0 Å². The summed E-state index contributed by atoms with van der Waals surface area (Å²) in [5.41, 5.74) is -0.0355. The molecule has 25 heavy (non-hydrogen) atoms. The van der Waals surface area contributed by atoms with Crippen LogP contribution in [-0.2, 0) is 9.59 Å². The summed E-state index contributed by atoms with van der Waals surface area (Å²) in [7, 11) is 0. The van der Waals surface area contributed by atoms with Gasteiger partial charge in [0.1, 0.15) is 12.4 Å². The molecule has 7 atom stereocenters. The molecular formula is C21H32O4. The molecule has 4 saturated carbocycles. The van der Waals surface area contributed by atoms with Crippen LogP contribution in [-0.4, -0.2) is 35.0 Å². The summed E-state index contributed by atoms with van der Waals surface area (Å²) >= 11 is 0. The number of Topliss-reactive ketones (excluding diaryl/α,β-unsaturated/α-hetero) is 2. The first-order valence-corrected chi connectivity index (χ1v) is 10.2. The topological polar surface area (TPSA) is 74.6 Å². The van der Waals surface area contributed by atoms with E-state index in [0.29, 0.717) is 42.3 Å². The van der Waals surface area contributed by atoms with E-state index in [1.165, 1.54) is 0 Å². The first kappa shape index (κ1) is 17.7. The van der Waals surface area contributed by atoms with Crippen LogP contribution < -0.4 is 0 Å². The summed E-state index contributed by atoms with van der Waals surface area (Å²) in [6, 6.07) is 0. The molecule has 4 nitrogen and oxygen atoms in total.